The largest absolute Gasteiger partial charge is 0.269 e. The molecule has 2 aromatic carbocycles. The molecule has 0 atom stereocenters. The third-order valence-corrected chi connectivity index (χ3v) is 5.33. The summed E-state index contributed by atoms with van der Waals surface area (Å²) < 4.78 is 26.6. The van der Waals surface area contributed by atoms with Crippen LogP contribution in [0.2, 0.25) is 0 Å². The van der Waals surface area contributed by atoms with Gasteiger partial charge >= 0.3 is 0 Å². The van der Waals surface area contributed by atoms with E-state index >= 15 is 0 Å². The van der Waals surface area contributed by atoms with Crippen molar-refractivity contribution in [1.82, 2.24) is 0 Å². The summed E-state index contributed by atoms with van der Waals surface area (Å²) >= 11 is 5.83. The molecular formula is C15H16ClNO2S. The molecule has 0 bridgehead atoms. The Bertz CT molecular complexity index is 696. The predicted molar refractivity (Wildman–Crippen MR) is 82.8 cm³/mol. The number of anilines is 1. The van der Waals surface area contributed by atoms with Crippen LogP contribution in [0.5, 0.6) is 0 Å². The maximum Gasteiger partial charge on any atom is 0.264 e. The van der Waals surface area contributed by atoms with E-state index in [1.807, 2.05) is 19.1 Å². The number of aryl methyl sites for hydroxylation is 1. The van der Waals surface area contributed by atoms with Crippen molar-refractivity contribution in [3.05, 3.63) is 59.7 Å². The van der Waals surface area contributed by atoms with Gasteiger partial charge < -0.3 is 0 Å². The van der Waals surface area contributed by atoms with Crippen LogP contribution in [0.15, 0.2) is 53.4 Å². The van der Waals surface area contributed by atoms with Gasteiger partial charge in [-0.15, -0.1) is 11.6 Å². The van der Waals surface area contributed by atoms with E-state index < -0.39 is 10.0 Å². The zero-order chi connectivity index (χ0) is 14.8. The van der Waals surface area contributed by atoms with Crippen LogP contribution in [0.1, 0.15) is 11.1 Å². The van der Waals surface area contributed by atoms with Crippen LogP contribution in [0.4, 0.5) is 5.69 Å². The molecule has 0 aromatic heterocycles. The van der Waals surface area contributed by atoms with E-state index in [1.54, 1.807) is 43.4 Å². The summed E-state index contributed by atoms with van der Waals surface area (Å²) in [6.45, 7) is 1.96. The third-order valence-electron chi connectivity index (χ3n) is 3.15. The molecule has 2 rings (SSSR count). The first-order chi connectivity index (χ1) is 9.46. The summed E-state index contributed by atoms with van der Waals surface area (Å²) in [5.41, 5.74) is 2.31. The number of alkyl halides is 1. The fraction of sp³-hybridized carbons (Fsp3) is 0.200. The van der Waals surface area contributed by atoms with Crippen molar-refractivity contribution in [2.24, 2.45) is 0 Å². The molecule has 0 unspecified atom stereocenters. The molecule has 2 aromatic rings. The molecule has 0 saturated heterocycles. The van der Waals surface area contributed by atoms with Gasteiger partial charge in [-0.25, -0.2) is 8.42 Å². The SMILES string of the molecule is Cc1ccc(N(C)S(=O)(=O)c2ccccc2CCl)cc1. The van der Waals surface area contributed by atoms with E-state index in [9.17, 15) is 8.42 Å². The third kappa shape index (κ3) is 2.81. The lowest BCUT2D eigenvalue weighted by molar-refractivity contribution is 0.593. The highest BCUT2D eigenvalue weighted by Crippen LogP contribution is 2.25. The van der Waals surface area contributed by atoms with Crippen molar-refractivity contribution in [1.29, 1.82) is 0 Å². The highest BCUT2D eigenvalue weighted by molar-refractivity contribution is 7.92. The lowest BCUT2D eigenvalue weighted by Gasteiger charge is -2.21. The van der Waals surface area contributed by atoms with Crippen molar-refractivity contribution in [2.45, 2.75) is 17.7 Å². The zero-order valence-corrected chi connectivity index (χ0v) is 12.9. The van der Waals surface area contributed by atoms with Crippen molar-refractivity contribution >= 4 is 27.3 Å². The second kappa shape index (κ2) is 5.85. The first kappa shape index (κ1) is 14.9. The second-order valence-electron chi connectivity index (χ2n) is 4.55. The molecule has 20 heavy (non-hydrogen) atoms. The van der Waals surface area contributed by atoms with Crippen LogP contribution in [0, 0.1) is 6.92 Å². The minimum Gasteiger partial charge on any atom is -0.269 e. The number of hydrogen-bond acceptors (Lipinski definition) is 2. The minimum absolute atomic E-state index is 0.164. The lowest BCUT2D eigenvalue weighted by atomic mass is 10.2. The molecule has 0 heterocycles. The summed E-state index contributed by atoms with van der Waals surface area (Å²) in [4.78, 5) is 0.248. The summed E-state index contributed by atoms with van der Waals surface area (Å²) in [6, 6.07) is 14.1. The second-order valence-corrected chi connectivity index (χ2v) is 6.75. The molecule has 0 aliphatic rings. The Kier molecular flexibility index (Phi) is 4.35. The molecule has 3 nitrogen and oxygen atoms in total. The Morgan fingerprint density at radius 2 is 1.65 bits per heavy atom. The van der Waals surface area contributed by atoms with Crippen LogP contribution >= 0.6 is 11.6 Å². The molecule has 0 aliphatic carbocycles. The van der Waals surface area contributed by atoms with Gasteiger partial charge in [-0.05, 0) is 30.7 Å². The fourth-order valence-corrected chi connectivity index (χ4v) is 3.64. The van der Waals surface area contributed by atoms with Crippen LogP contribution in [-0.2, 0) is 15.9 Å². The van der Waals surface area contributed by atoms with E-state index in [1.165, 1.54) is 4.31 Å². The average molecular weight is 310 g/mol. The predicted octanol–water partition coefficient (Wildman–Crippen LogP) is 3.56. The Hall–Kier alpha value is -1.52. The van der Waals surface area contributed by atoms with E-state index in [4.69, 9.17) is 11.6 Å². The highest BCUT2D eigenvalue weighted by Gasteiger charge is 2.23. The van der Waals surface area contributed by atoms with E-state index in [0.29, 0.717) is 11.3 Å². The van der Waals surface area contributed by atoms with Crippen molar-refractivity contribution < 1.29 is 8.42 Å². The molecule has 0 fully saturated rings. The van der Waals surface area contributed by atoms with Gasteiger partial charge in [0.2, 0.25) is 0 Å². The lowest BCUT2D eigenvalue weighted by Crippen LogP contribution is -2.27. The maximum absolute atomic E-state index is 12.7. The number of halogens is 1. The quantitative estimate of drug-likeness (QED) is 0.810. The smallest absolute Gasteiger partial charge is 0.264 e. The van der Waals surface area contributed by atoms with Crippen molar-refractivity contribution in [3.8, 4) is 0 Å². The van der Waals surface area contributed by atoms with Crippen LogP contribution in [0.3, 0.4) is 0 Å². The molecule has 0 aliphatic heterocycles. The molecule has 0 radical (unpaired) electrons. The molecule has 0 amide bonds. The van der Waals surface area contributed by atoms with Crippen LogP contribution < -0.4 is 4.31 Å². The summed E-state index contributed by atoms with van der Waals surface area (Å²) in [5, 5.41) is 0. The minimum atomic E-state index is -3.60. The van der Waals surface area contributed by atoms with Crippen molar-refractivity contribution in [2.75, 3.05) is 11.4 Å². The van der Waals surface area contributed by atoms with Gasteiger partial charge in [-0.3, -0.25) is 4.31 Å². The number of hydrogen-bond donors (Lipinski definition) is 0. The molecule has 0 N–H and O–H groups in total. The van der Waals surface area contributed by atoms with E-state index in [0.717, 1.165) is 5.56 Å². The van der Waals surface area contributed by atoms with Gasteiger partial charge in [-0.2, -0.15) is 0 Å². The molecule has 0 saturated carbocycles. The first-order valence-corrected chi connectivity index (χ1v) is 8.13. The zero-order valence-electron chi connectivity index (χ0n) is 11.4. The van der Waals surface area contributed by atoms with Gasteiger partial charge in [0.15, 0.2) is 0 Å². The fourth-order valence-electron chi connectivity index (χ4n) is 1.91. The Morgan fingerprint density at radius 3 is 2.25 bits per heavy atom. The van der Waals surface area contributed by atoms with Gasteiger partial charge in [-0.1, -0.05) is 35.9 Å². The Balaban J connectivity index is 2.46. The summed E-state index contributed by atoms with van der Waals surface area (Å²) in [5.74, 6) is 0.164. The first-order valence-electron chi connectivity index (χ1n) is 6.16. The summed E-state index contributed by atoms with van der Waals surface area (Å²) in [6.07, 6.45) is 0. The molecule has 5 heteroatoms. The van der Waals surface area contributed by atoms with Gasteiger partial charge in [0.25, 0.3) is 10.0 Å². The van der Waals surface area contributed by atoms with E-state index in [-0.39, 0.29) is 10.8 Å². The Morgan fingerprint density at radius 1 is 1.05 bits per heavy atom. The summed E-state index contributed by atoms with van der Waals surface area (Å²) in [7, 11) is -2.05. The average Bonchev–Trinajstić information content (AvgIpc) is 2.47. The number of sulfonamides is 1. The van der Waals surface area contributed by atoms with Gasteiger partial charge in [0.1, 0.15) is 0 Å². The Labute approximate surface area is 124 Å². The molecule has 0 spiro atoms. The van der Waals surface area contributed by atoms with E-state index in [2.05, 4.69) is 0 Å². The normalized spacial score (nSPS) is 11.3. The topological polar surface area (TPSA) is 37.4 Å². The highest BCUT2D eigenvalue weighted by atomic mass is 35.5. The maximum atomic E-state index is 12.7. The number of nitrogens with zero attached hydrogens (tertiary/aromatic N) is 1. The molecular weight excluding hydrogens is 294 g/mol. The van der Waals surface area contributed by atoms with Gasteiger partial charge in [0.05, 0.1) is 10.6 Å². The van der Waals surface area contributed by atoms with Crippen LogP contribution in [-0.4, -0.2) is 15.5 Å². The number of rotatable bonds is 4. The van der Waals surface area contributed by atoms with Crippen LogP contribution in [0.25, 0.3) is 0 Å². The standard InChI is InChI=1S/C15H16ClNO2S/c1-12-7-9-14(10-8-12)17(2)20(18,19)15-6-4-3-5-13(15)11-16/h3-10H,11H2,1-2H3. The molecule has 106 valence electrons. The number of benzene rings is 2. The van der Waals surface area contributed by atoms with Gasteiger partial charge in [0, 0.05) is 12.9 Å². The monoisotopic (exact) mass is 309 g/mol. The van der Waals surface area contributed by atoms with Crippen molar-refractivity contribution in [3.63, 3.8) is 0 Å².